The molecule has 1 atom stereocenters. The normalized spacial score (nSPS) is 18.8. The topological polar surface area (TPSA) is 46.1 Å². The van der Waals surface area contributed by atoms with Crippen LogP contribution in [0.2, 0.25) is 0 Å². The summed E-state index contributed by atoms with van der Waals surface area (Å²) in [5, 5.41) is 1.18. The van der Waals surface area contributed by atoms with E-state index in [4.69, 9.17) is 0 Å². The van der Waals surface area contributed by atoms with Gasteiger partial charge in [0, 0.05) is 41.8 Å². The highest BCUT2D eigenvalue weighted by Crippen LogP contribution is 2.31. The number of likely N-dealkylation sites (tertiary alicyclic amines) is 1. The summed E-state index contributed by atoms with van der Waals surface area (Å²) < 4.78 is 0. The number of rotatable bonds is 2. The summed E-state index contributed by atoms with van der Waals surface area (Å²) in [5.41, 5.74) is 1.84. The van der Waals surface area contributed by atoms with Crippen LogP contribution in [0.5, 0.6) is 0 Å². The molecule has 2 aromatic rings. The van der Waals surface area contributed by atoms with E-state index in [1.807, 2.05) is 4.90 Å². The number of amides is 1. The molecule has 0 aliphatic carbocycles. The van der Waals surface area contributed by atoms with Crippen molar-refractivity contribution in [3.8, 4) is 0 Å². The number of aryl methyl sites for hydroxylation is 2. The van der Waals surface area contributed by atoms with Gasteiger partial charge in [0.05, 0.1) is 10.7 Å². The molecule has 1 fully saturated rings. The van der Waals surface area contributed by atoms with Gasteiger partial charge in [-0.15, -0.1) is 11.3 Å². The Hall–Kier alpha value is -1.75. The molecule has 3 rings (SSSR count). The first-order valence-electron chi connectivity index (χ1n) is 7.28. The van der Waals surface area contributed by atoms with Gasteiger partial charge in [-0.1, -0.05) is 0 Å². The molecule has 0 aromatic carbocycles. The van der Waals surface area contributed by atoms with Gasteiger partial charge in [-0.2, -0.15) is 0 Å². The van der Waals surface area contributed by atoms with Gasteiger partial charge in [0.25, 0.3) is 5.91 Å². The van der Waals surface area contributed by atoms with Crippen LogP contribution in [0.3, 0.4) is 0 Å². The minimum Gasteiger partial charge on any atom is -0.338 e. The zero-order valence-corrected chi connectivity index (χ0v) is 13.2. The summed E-state index contributed by atoms with van der Waals surface area (Å²) in [6.45, 7) is 5.77. The molecular weight excluding hydrogens is 282 g/mol. The van der Waals surface area contributed by atoms with Gasteiger partial charge in [-0.05, 0) is 38.8 Å². The quantitative estimate of drug-likeness (QED) is 0.856. The number of piperidine rings is 1. The third kappa shape index (κ3) is 2.97. The van der Waals surface area contributed by atoms with Crippen LogP contribution >= 0.6 is 11.3 Å². The van der Waals surface area contributed by atoms with Crippen molar-refractivity contribution < 1.29 is 4.79 Å². The Bertz CT molecular complexity index is 619. The second-order valence-corrected chi connectivity index (χ2v) is 6.75. The lowest BCUT2D eigenvalue weighted by Crippen LogP contribution is -2.39. The number of hydrogen-bond donors (Lipinski definition) is 0. The van der Waals surface area contributed by atoms with E-state index in [9.17, 15) is 4.79 Å². The Morgan fingerprint density at radius 2 is 2.10 bits per heavy atom. The van der Waals surface area contributed by atoms with Gasteiger partial charge in [0.15, 0.2) is 0 Å². The standard InChI is InChI=1S/C16H19N3OS/c1-11-12(2)21-15(18-11)14-4-3-9-19(10-14)16(20)13-5-7-17-8-6-13/h5-8,14H,3-4,9-10H2,1-2H3/t14-/m0/s1. The molecule has 1 aliphatic rings. The summed E-state index contributed by atoms with van der Waals surface area (Å²) in [6.07, 6.45) is 5.50. The summed E-state index contributed by atoms with van der Waals surface area (Å²) in [5.74, 6) is 0.481. The van der Waals surface area contributed by atoms with E-state index < -0.39 is 0 Å². The van der Waals surface area contributed by atoms with E-state index in [0.717, 1.165) is 37.2 Å². The highest BCUT2D eigenvalue weighted by Gasteiger charge is 2.27. The first-order chi connectivity index (χ1) is 10.1. The fourth-order valence-corrected chi connectivity index (χ4v) is 3.76. The monoisotopic (exact) mass is 301 g/mol. The van der Waals surface area contributed by atoms with Gasteiger partial charge >= 0.3 is 0 Å². The average Bonchev–Trinajstić information content (AvgIpc) is 2.87. The molecule has 110 valence electrons. The molecule has 0 spiro atoms. The number of thiazole rings is 1. The molecule has 0 bridgehead atoms. The predicted octanol–water partition coefficient (Wildman–Crippen LogP) is 3.17. The summed E-state index contributed by atoms with van der Waals surface area (Å²) >= 11 is 1.77. The largest absolute Gasteiger partial charge is 0.338 e. The van der Waals surface area contributed by atoms with Gasteiger partial charge in [0.2, 0.25) is 0 Å². The Morgan fingerprint density at radius 1 is 1.33 bits per heavy atom. The van der Waals surface area contributed by atoms with Gasteiger partial charge < -0.3 is 4.90 Å². The SMILES string of the molecule is Cc1nc([C@H]2CCCN(C(=O)c3ccncc3)C2)sc1C. The van der Waals surface area contributed by atoms with E-state index in [0.29, 0.717) is 5.92 Å². The van der Waals surface area contributed by atoms with Crippen molar-refractivity contribution >= 4 is 17.2 Å². The number of nitrogens with zero attached hydrogens (tertiary/aromatic N) is 3. The van der Waals surface area contributed by atoms with Gasteiger partial charge in [0.1, 0.15) is 0 Å². The zero-order chi connectivity index (χ0) is 14.8. The third-order valence-electron chi connectivity index (χ3n) is 4.03. The van der Waals surface area contributed by atoms with Crippen molar-refractivity contribution in [2.45, 2.75) is 32.6 Å². The number of hydrogen-bond acceptors (Lipinski definition) is 4. The van der Waals surface area contributed by atoms with Crippen LogP contribution in [-0.2, 0) is 0 Å². The Labute approximate surface area is 128 Å². The van der Waals surface area contributed by atoms with Crippen LogP contribution in [0.4, 0.5) is 0 Å². The Morgan fingerprint density at radius 3 is 2.76 bits per heavy atom. The van der Waals surface area contributed by atoms with Crippen molar-refractivity contribution in [2.24, 2.45) is 0 Å². The average molecular weight is 301 g/mol. The second-order valence-electron chi connectivity index (χ2n) is 5.52. The lowest BCUT2D eigenvalue weighted by Gasteiger charge is -2.31. The maximum atomic E-state index is 12.5. The summed E-state index contributed by atoms with van der Waals surface area (Å²) in [4.78, 5) is 24.4. The highest BCUT2D eigenvalue weighted by molar-refractivity contribution is 7.11. The molecule has 4 nitrogen and oxygen atoms in total. The molecule has 0 saturated carbocycles. The molecule has 5 heteroatoms. The molecule has 1 saturated heterocycles. The van der Waals surface area contributed by atoms with Crippen molar-refractivity contribution in [2.75, 3.05) is 13.1 Å². The number of pyridine rings is 1. The van der Waals surface area contributed by atoms with E-state index in [2.05, 4.69) is 23.8 Å². The van der Waals surface area contributed by atoms with Crippen molar-refractivity contribution in [1.82, 2.24) is 14.9 Å². The number of carbonyl (C=O) groups excluding carboxylic acids is 1. The fourth-order valence-electron chi connectivity index (χ4n) is 2.71. The van der Waals surface area contributed by atoms with Crippen molar-refractivity contribution in [3.05, 3.63) is 45.7 Å². The second kappa shape index (κ2) is 5.93. The molecule has 0 radical (unpaired) electrons. The number of aromatic nitrogens is 2. The van der Waals surface area contributed by atoms with E-state index in [-0.39, 0.29) is 5.91 Å². The number of carbonyl (C=O) groups is 1. The van der Waals surface area contributed by atoms with Crippen molar-refractivity contribution in [3.63, 3.8) is 0 Å². The maximum absolute atomic E-state index is 12.5. The van der Waals surface area contributed by atoms with Crippen LogP contribution < -0.4 is 0 Å². The van der Waals surface area contributed by atoms with Gasteiger partial charge in [-0.25, -0.2) is 4.98 Å². The molecule has 1 aliphatic heterocycles. The molecule has 21 heavy (non-hydrogen) atoms. The summed E-state index contributed by atoms with van der Waals surface area (Å²) in [6, 6.07) is 3.56. The molecule has 2 aromatic heterocycles. The van der Waals surface area contributed by atoms with E-state index in [1.54, 1.807) is 35.9 Å². The highest BCUT2D eigenvalue weighted by atomic mass is 32.1. The lowest BCUT2D eigenvalue weighted by atomic mass is 9.98. The van der Waals surface area contributed by atoms with Crippen molar-refractivity contribution in [1.29, 1.82) is 0 Å². The first-order valence-corrected chi connectivity index (χ1v) is 8.10. The Kier molecular flexibility index (Phi) is 4.01. The predicted molar refractivity (Wildman–Crippen MR) is 83.7 cm³/mol. The molecular formula is C16H19N3OS. The molecule has 0 unspecified atom stereocenters. The molecule has 0 N–H and O–H groups in total. The van der Waals surface area contributed by atoms with Crippen LogP contribution in [0, 0.1) is 13.8 Å². The van der Waals surface area contributed by atoms with E-state index >= 15 is 0 Å². The Balaban J connectivity index is 1.75. The maximum Gasteiger partial charge on any atom is 0.253 e. The lowest BCUT2D eigenvalue weighted by molar-refractivity contribution is 0.0707. The van der Waals surface area contributed by atoms with Crippen LogP contribution in [-0.4, -0.2) is 33.9 Å². The molecule has 3 heterocycles. The van der Waals surface area contributed by atoms with Crippen LogP contribution in [0.25, 0.3) is 0 Å². The van der Waals surface area contributed by atoms with Crippen LogP contribution in [0.1, 0.15) is 44.7 Å². The van der Waals surface area contributed by atoms with Gasteiger partial charge in [-0.3, -0.25) is 9.78 Å². The minimum atomic E-state index is 0.104. The zero-order valence-electron chi connectivity index (χ0n) is 12.4. The smallest absolute Gasteiger partial charge is 0.253 e. The minimum absolute atomic E-state index is 0.104. The first kappa shape index (κ1) is 14.2. The fraction of sp³-hybridized carbons (Fsp3) is 0.438. The third-order valence-corrected chi connectivity index (χ3v) is 5.27. The summed E-state index contributed by atoms with van der Waals surface area (Å²) in [7, 11) is 0. The van der Waals surface area contributed by atoms with E-state index in [1.165, 1.54) is 9.88 Å². The van der Waals surface area contributed by atoms with Crippen LogP contribution in [0.15, 0.2) is 24.5 Å². The molecule has 1 amide bonds.